The first-order chi connectivity index (χ1) is 10.3. The van der Waals surface area contributed by atoms with E-state index in [1.807, 2.05) is 35.2 Å². The van der Waals surface area contributed by atoms with Crippen LogP contribution in [0.5, 0.6) is 5.75 Å². The van der Waals surface area contributed by atoms with Crippen molar-refractivity contribution in [3.05, 3.63) is 35.9 Å². The highest BCUT2D eigenvalue weighted by atomic mass is 16.5. The Kier molecular flexibility index (Phi) is 6.32. The first kappa shape index (κ1) is 15.6. The van der Waals surface area contributed by atoms with Crippen LogP contribution in [-0.2, 0) is 4.79 Å². The number of rotatable bonds is 5. The molecule has 0 aromatic heterocycles. The number of carbonyl (C=O) groups excluding carboxylic acids is 1. The third-order valence-electron chi connectivity index (χ3n) is 3.69. The van der Waals surface area contributed by atoms with Gasteiger partial charge in [-0.2, -0.15) is 0 Å². The molecular weight excluding hydrogens is 262 g/mol. The highest BCUT2D eigenvalue weighted by molar-refractivity contribution is 5.91. The molecular formula is C18H25NO2. The van der Waals surface area contributed by atoms with Crippen molar-refractivity contribution in [3.8, 4) is 5.75 Å². The van der Waals surface area contributed by atoms with E-state index in [2.05, 4.69) is 6.92 Å². The second-order valence-electron chi connectivity index (χ2n) is 5.49. The van der Waals surface area contributed by atoms with Gasteiger partial charge in [-0.15, -0.1) is 0 Å². The highest BCUT2D eigenvalue weighted by Gasteiger charge is 2.12. The molecule has 1 fully saturated rings. The lowest BCUT2D eigenvalue weighted by Crippen LogP contribution is -2.30. The van der Waals surface area contributed by atoms with Crippen molar-refractivity contribution < 1.29 is 9.53 Å². The smallest absolute Gasteiger partial charge is 0.246 e. The Hall–Kier alpha value is -1.77. The summed E-state index contributed by atoms with van der Waals surface area (Å²) in [5.74, 6) is 1.01. The zero-order chi connectivity index (χ0) is 14.9. The molecule has 114 valence electrons. The molecule has 0 bridgehead atoms. The van der Waals surface area contributed by atoms with Gasteiger partial charge in [-0.3, -0.25) is 4.79 Å². The van der Waals surface area contributed by atoms with Crippen LogP contribution in [0.15, 0.2) is 30.3 Å². The lowest BCUT2D eigenvalue weighted by Gasteiger charge is -2.17. The summed E-state index contributed by atoms with van der Waals surface area (Å²) in [6.45, 7) is 4.62. The van der Waals surface area contributed by atoms with Gasteiger partial charge < -0.3 is 9.64 Å². The fraction of sp³-hybridized carbons (Fsp3) is 0.500. The quantitative estimate of drug-likeness (QED) is 0.769. The van der Waals surface area contributed by atoms with Crippen molar-refractivity contribution in [2.45, 2.75) is 39.0 Å². The van der Waals surface area contributed by atoms with E-state index in [1.165, 1.54) is 12.8 Å². The van der Waals surface area contributed by atoms with Gasteiger partial charge in [0.15, 0.2) is 0 Å². The van der Waals surface area contributed by atoms with Crippen LogP contribution >= 0.6 is 0 Å². The van der Waals surface area contributed by atoms with Crippen LogP contribution in [0, 0.1) is 0 Å². The van der Waals surface area contributed by atoms with Gasteiger partial charge in [0.1, 0.15) is 5.75 Å². The monoisotopic (exact) mass is 287 g/mol. The van der Waals surface area contributed by atoms with Crippen molar-refractivity contribution in [1.82, 2.24) is 4.90 Å². The fourth-order valence-corrected chi connectivity index (χ4v) is 2.46. The minimum Gasteiger partial charge on any atom is -0.494 e. The van der Waals surface area contributed by atoms with E-state index in [1.54, 1.807) is 6.08 Å². The molecule has 0 radical (unpaired) electrons. The maximum atomic E-state index is 12.1. The Labute approximate surface area is 127 Å². The average Bonchev–Trinajstić information content (AvgIpc) is 2.81. The standard InChI is InChI=1S/C18H25NO2/c1-2-15-21-17-10-7-16(8-11-17)9-12-18(20)19-13-5-3-4-6-14-19/h7-12H,2-6,13-15H2,1H3/b12-9-. The van der Waals surface area contributed by atoms with Gasteiger partial charge in [-0.1, -0.05) is 31.9 Å². The third kappa shape index (κ3) is 5.25. The Morgan fingerprint density at radius 2 is 1.81 bits per heavy atom. The minimum absolute atomic E-state index is 0.128. The topological polar surface area (TPSA) is 29.5 Å². The van der Waals surface area contributed by atoms with Gasteiger partial charge in [0, 0.05) is 19.2 Å². The number of amides is 1. The summed E-state index contributed by atoms with van der Waals surface area (Å²) in [4.78, 5) is 14.1. The van der Waals surface area contributed by atoms with Crippen LogP contribution in [0.3, 0.4) is 0 Å². The predicted molar refractivity (Wildman–Crippen MR) is 86.3 cm³/mol. The lowest BCUT2D eigenvalue weighted by molar-refractivity contribution is -0.125. The Morgan fingerprint density at radius 3 is 2.43 bits per heavy atom. The number of carbonyl (C=O) groups is 1. The molecule has 21 heavy (non-hydrogen) atoms. The second kappa shape index (κ2) is 8.50. The Bertz CT molecular complexity index is 457. The van der Waals surface area contributed by atoms with Crippen LogP contribution in [0.4, 0.5) is 0 Å². The minimum atomic E-state index is 0.128. The number of hydrogen-bond acceptors (Lipinski definition) is 2. The maximum Gasteiger partial charge on any atom is 0.246 e. The van der Waals surface area contributed by atoms with Crippen molar-refractivity contribution in [3.63, 3.8) is 0 Å². The molecule has 3 heteroatoms. The molecule has 0 spiro atoms. The first-order valence-corrected chi connectivity index (χ1v) is 7.99. The zero-order valence-electron chi connectivity index (χ0n) is 12.9. The number of ether oxygens (including phenoxy) is 1. The maximum absolute atomic E-state index is 12.1. The summed E-state index contributed by atoms with van der Waals surface area (Å²) in [6, 6.07) is 7.87. The molecule has 0 N–H and O–H groups in total. The molecule has 1 saturated heterocycles. The average molecular weight is 287 g/mol. The fourth-order valence-electron chi connectivity index (χ4n) is 2.46. The summed E-state index contributed by atoms with van der Waals surface area (Å²) < 4.78 is 5.55. The Morgan fingerprint density at radius 1 is 1.14 bits per heavy atom. The molecule has 1 aromatic carbocycles. The molecule has 0 atom stereocenters. The number of likely N-dealkylation sites (tertiary alicyclic amines) is 1. The van der Waals surface area contributed by atoms with Crippen molar-refractivity contribution in [1.29, 1.82) is 0 Å². The van der Waals surface area contributed by atoms with Gasteiger partial charge in [0.25, 0.3) is 0 Å². The molecule has 0 aliphatic carbocycles. The van der Waals surface area contributed by atoms with Gasteiger partial charge in [0.2, 0.25) is 5.91 Å². The largest absolute Gasteiger partial charge is 0.494 e. The summed E-state index contributed by atoms with van der Waals surface area (Å²) >= 11 is 0. The molecule has 0 saturated carbocycles. The van der Waals surface area contributed by atoms with E-state index in [-0.39, 0.29) is 5.91 Å². The normalized spacial score (nSPS) is 16.0. The predicted octanol–water partition coefficient (Wildman–Crippen LogP) is 3.89. The van der Waals surface area contributed by atoms with E-state index in [4.69, 9.17) is 4.74 Å². The number of nitrogens with zero attached hydrogens (tertiary/aromatic N) is 1. The summed E-state index contributed by atoms with van der Waals surface area (Å²) in [5.41, 5.74) is 1.03. The number of hydrogen-bond donors (Lipinski definition) is 0. The summed E-state index contributed by atoms with van der Waals surface area (Å²) in [6.07, 6.45) is 9.32. The van der Waals surface area contributed by atoms with E-state index in [0.29, 0.717) is 0 Å². The third-order valence-corrected chi connectivity index (χ3v) is 3.69. The number of benzene rings is 1. The molecule has 1 aromatic rings. The highest BCUT2D eigenvalue weighted by Crippen LogP contribution is 2.14. The van der Waals surface area contributed by atoms with Crippen molar-refractivity contribution in [2.75, 3.05) is 19.7 Å². The van der Waals surface area contributed by atoms with Gasteiger partial charge in [-0.25, -0.2) is 0 Å². The molecule has 1 amide bonds. The Balaban J connectivity index is 1.88. The van der Waals surface area contributed by atoms with E-state index in [9.17, 15) is 4.79 Å². The van der Waals surface area contributed by atoms with E-state index < -0.39 is 0 Å². The SMILES string of the molecule is CCCOc1ccc(/C=C\C(=O)N2CCCCCC2)cc1. The van der Waals surface area contributed by atoms with Crippen LogP contribution in [-0.4, -0.2) is 30.5 Å². The van der Waals surface area contributed by atoms with Crippen molar-refractivity contribution in [2.24, 2.45) is 0 Å². The van der Waals surface area contributed by atoms with E-state index in [0.717, 1.165) is 50.3 Å². The van der Waals surface area contributed by atoms with Gasteiger partial charge >= 0.3 is 0 Å². The van der Waals surface area contributed by atoms with Crippen LogP contribution < -0.4 is 4.74 Å². The van der Waals surface area contributed by atoms with Crippen LogP contribution in [0.1, 0.15) is 44.6 Å². The van der Waals surface area contributed by atoms with Crippen molar-refractivity contribution >= 4 is 12.0 Å². The van der Waals surface area contributed by atoms with Crippen LogP contribution in [0.2, 0.25) is 0 Å². The molecule has 1 aliphatic rings. The second-order valence-corrected chi connectivity index (χ2v) is 5.49. The van der Waals surface area contributed by atoms with Crippen LogP contribution in [0.25, 0.3) is 6.08 Å². The summed E-state index contributed by atoms with van der Waals surface area (Å²) in [5, 5.41) is 0. The van der Waals surface area contributed by atoms with Gasteiger partial charge in [-0.05, 0) is 43.0 Å². The molecule has 0 unspecified atom stereocenters. The van der Waals surface area contributed by atoms with Gasteiger partial charge in [0.05, 0.1) is 6.61 Å². The van der Waals surface area contributed by atoms with E-state index >= 15 is 0 Å². The molecule has 1 aliphatic heterocycles. The molecule has 1 heterocycles. The zero-order valence-corrected chi connectivity index (χ0v) is 12.9. The summed E-state index contributed by atoms with van der Waals surface area (Å²) in [7, 11) is 0. The lowest BCUT2D eigenvalue weighted by atomic mass is 10.2. The molecule has 2 rings (SSSR count). The molecule has 3 nitrogen and oxygen atoms in total. The first-order valence-electron chi connectivity index (χ1n) is 7.99.